The zero-order valence-corrected chi connectivity index (χ0v) is 9.92. The van der Waals surface area contributed by atoms with Crippen molar-refractivity contribution in [1.29, 1.82) is 0 Å². The maximum absolute atomic E-state index is 10.8. The van der Waals surface area contributed by atoms with E-state index in [1.807, 2.05) is 0 Å². The molecule has 0 aliphatic rings. The Bertz CT molecular complexity index is 225. The SMILES string of the molecule is COCCOCCOCCS(=O)(=O)OC. The molecule has 0 aromatic carbocycles. The van der Waals surface area contributed by atoms with Crippen molar-refractivity contribution in [2.75, 3.05) is 53.0 Å². The van der Waals surface area contributed by atoms with Crippen molar-refractivity contribution in [3.05, 3.63) is 0 Å². The van der Waals surface area contributed by atoms with E-state index in [1.165, 1.54) is 0 Å². The number of hydrogen-bond acceptors (Lipinski definition) is 6. The lowest BCUT2D eigenvalue weighted by atomic mass is 10.7. The van der Waals surface area contributed by atoms with Crippen molar-refractivity contribution in [2.24, 2.45) is 0 Å². The van der Waals surface area contributed by atoms with Crippen molar-refractivity contribution in [1.82, 2.24) is 0 Å². The van der Waals surface area contributed by atoms with Gasteiger partial charge in [-0.15, -0.1) is 0 Å². The summed E-state index contributed by atoms with van der Waals surface area (Å²) in [7, 11) is -0.686. The van der Waals surface area contributed by atoms with Gasteiger partial charge in [0.15, 0.2) is 0 Å². The van der Waals surface area contributed by atoms with Crippen LogP contribution in [0.3, 0.4) is 0 Å². The summed E-state index contributed by atoms with van der Waals surface area (Å²) in [5, 5.41) is 0. The number of rotatable bonds is 10. The number of methoxy groups -OCH3 is 1. The van der Waals surface area contributed by atoms with Gasteiger partial charge in [-0.25, -0.2) is 0 Å². The molecule has 0 bridgehead atoms. The third-order valence-corrected chi connectivity index (χ3v) is 2.71. The van der Waals surface area contributed by atoms with Gasteiger partial charge in [-0.1, -0.05) is 0 Å². The molecule has 0 aromatic heterocycles. The Balaban J connectivity index is 3.19. The van der Waals surface area contributed by atoms with Gasteiger partial charge in [-0.3, -0.25) is 4.18 Å². The standard InChI is InChI=1S/C8H18O6S/c1-11-3-4-13-5-6-14-7-8-15(9,10)12-2/h3-8H2,1-2H3. The molecule has 6 nitrogen and oxygen atoms in total. The van der Waals surface area contributed by atoms with Crippen LogP contribution in [0.2, 0.25) is 0 Å². The normalized spacial score (nSPS) is 11.9. The van der Waals surface area contributed by atoms with Crippen LogP contribution >= 0.6 is 0 Å². The molecule has 0 heterocycles. The summed E-state index contributed by atoms with van der Waals surface area (Å²) in [6.45, 7) is 1.96. The Hall–Kier alpha value is -0.210. The van der Waals surface area contributed by atoms with Crippen LogP contribution in [0.15, 0.2) is 0 Å². The summed E-state index contributed by atoms with van der Waals surface area (Å²) < 4.78 is 40.8. The quantitative estimate of drug-likeness (QED) is 0.385. The first-order valence-electron chi connectivity index (χ1n) is 4.55. The van der Waals surface area contributed by atoms with E-state index in [0.717, 1.165) is 7.11 Å². The summed E-state index contributed by atoms with van der Waals surface area (Å²) in [5.41, 5.74) is 0. The van der Waals surface area contributed by atoms with Crippen LogP contribution in [0.4, 0.5) is 0 Å². The monoisotopic (exact) mass is 242 g/mol. The predicted octanol–water partition coefficient (Wildman–Crippen LogP) is -0.358. The molecule has 0 radical (unpaired) electrons. The molecular weight excluding hydrogens is 224 g/mol. The van der Waals surface area contributed by atoms with Gasteiger partial charge in [-0.2, -0.15) is 8.42 Å². The maximum atomic E-state index is 10.8. The van der Waals surface area contributed by atoms with Crippen LogP contribution < -0.4 is 0 Å². The zero-order chi connectivity index (χ0) is 11.6. The van der Waals surface area contributed by atoms with Crippen molar-refractivity contribution in [2.45, 2.75) is 0 Å². The molecule has 0 fully saturated rings. The van der Waals surface area contributed by atoms with E-state index < -0.39 is 10.1 Å². The molecular formula is C8H18O6S. The first-order valence-corrected chi connectivity index (χ1v) is 6.13. The highest BCUT2D eigenvalue weighted by Crippen LogP contribution is 1.90. The molecule has 7 heteroatoms. The molecule has 0 aliphatic heterocycles. The molecule has 0 spiro atoms. The minimum atomic E-state index is -3.41. The van der Waals surface area contributed by atoms with Gasteiger partial charge in [-0.05, 0) is 0 Å². The fourth-order valence-electron chi connectivity index (χ4n) is 0.709. The maximum Gasteiger partial charge on any atom is 0.269 e. The van der Waals surface area contributed by atoms with Gasteiger partial charge in [0.1, 0.15) is 0 Å². The number of hydrogen-bond donors (Lipinski definition) is 0. The third kappa shape index (κ3) is 10.1. The highest BCUT2D eigenvalue weighted by Gasteiger charge is 2.07. The van der Waals surface area contributed by atoms with Crippen LogP contribution in [-0.2, 0) is 28.5 Å². The van der Waals surface area contributed by atoms with Crippen molar-refractivity contribution in [3.63, 3.8) is 0 Å². The van der Waals surface area contributed by atoms with E-state index >= 15 is 0 Å². The summed E-state index contributed by atoms with van der Waals surface area (Å²) >= 11 is 0. The fourth-order valence-corrected chi connectivity index (χ4v) is 1.20. The van der Waals surface area contributed by atoms with Gasteiger partial charge in [0, 0.05) is 7.11 Å². The van der Waals surface area contributed by atoms with E-state index in [9.17, 15) is 8.42 Å². The van der Waals surface area contributed by atoms with Crippen LogP contribution in [0.25, 0.3) is 0 Å². The van der Waals surface area contributed by atoms with Crippen LogP contribution in [0.5, 0.6) is 0 Å². The predicted molar refractivity (Wildman–Crippen MR) is 54.3 cm³/mol. The Kier molecular flexibility index (Phi) is 8.92. The Labute approximate surface area is 90.6 Å². The Morgan fingerprint density at radius 2 is 1.40 bits per heavy atom. The lowest BCUT2D eigenvalue weighted by Gasteiger charge is -2.05. The molecule has 0 aromatic rings. The molecule has 92 valence electrons. The molecule has 0 rings (SSSR count). The van der Waals surface area contributed by atoms with Crippen molar-refractivity contribution < 1.29 is 26.8 Å². The highest BCUT2D eigenvalue weighted by molar-refractivity contribution is 7.86. The van der Waals surface area contributed by atoms with Crippen molar-refractivity contribution in [3.8, 4) is 0 Å². The molecule has 0 unspecified atom stereocenters. The summed E-state index contributed by atoms with van der Waals surface area (Å²) in [5.74, 6) is -0.137. The average Bonchev–Trinajstić information content (AvgIpc) is 2.22. The lowest BCUT2D eigenvalue weighted by molar-refractivity contribution is 0.0282. The first kappa shape index (κ1) is 14.8. The minimum absolute atomic E-state index is 0.115. The Morgan fingerprint density at radius 1 is 0.867 bits per heavy atom. The second-order valence-corrected chi connectivity index (χ2v) is 4.50. The van der Waals surface area contributed by atoms with Crippen molar-refractivity contribution >= 4 is 10.1 Å². The summed E-state index contributed by atoms with van der Waals surface area (Å²) in [6, 6.07) is 0. The van der Waals surface area contributed by atoms with E-state index in [2.05, 4.69) is 4.18 Å². The zero-order valence-electron chi connectivity index (χ0n) is 9.10. The fraction of sp³-hybridized carbons (Fsp3) is 1.00. The van der Waals surface area contributed by atoms with E-state index in [1.54, 1.807) is 7.11 Å². The summed E-state index contributed by atoms with van der Waals surface area (Å²) in [4.78, 5) is 0. The second kappa shape index (κ2) is 9.05. The van der Waals surface area contributed by atoms with E-state index in [0.29, 0.717) is 26.4 Å². The van der Waals surface area contributed by atoms with Crippen LogP contribution in [-0.4, -0.2) is 61.4 Å². The van der Waals surface area contributed by atoms with Gasteiger partial charge in [0.2, 0.25) is 0 Å². The third-order valence-electron chi connectivity index (χ3n) is 1.54. The first-order chi connectivity index (χ1) is 7.12. The van der Waals surface area contributed by atoms with Gasteiger partial charge >= 0.3 is 0 Å². The van der Waals surface area contributed by atoms with Gasteiger partial charge < -0.3 is 14.2 Å². The van der Waals surface area contributed by atoms with Gasteiger partial charge in [0.25, 0.3) is 10.1 Å². The molecule has 0 aliphatic carbocycles. The smallest absolute Gasteiger partial charge is 0.269 e. The molecule has 15 heavy (non-hydrogen) atoms. The number of ether oxygens (including phenoxy) is 3. The molecule has 0 saturated heterocycles. The van der Waals surface area contributed by atoms with Crippen LogP contribution in [0.1, 0.15) is 0 Å². The minimum Gasteiger partial charge on any atom is -0.382 e. The highest BCUT2D eigenvalue weighted by atomic mass is 32.2. The lowest BCUT2D eigenvalue weighted by Crippen LogP contribution is -2.15. The van der Waals surface area contributed by atoms with E-state index in [-0.39, 0.29) is 12.4 Å². The molecule has 0 atom stereocenters. The van der Waals surface area contributed by atoms with Gasteiger partial charge in [0.05, 0.1) is 45.9 Å². The van der Waals surface area contributed by atoms with E-state index in [4.69, 9.17) is 14.2 Å². The molecule has 0 amide bonds. The van der Waals surface area contributed by atoms with Crippen LogP contribution in [0, 0.1) is 0 Å². The molecule has 0 N–H and O–H groups in total. The summed E-state index contributed by atoms with van der Waals surface area (Å²) in [6.07, 6.45) is 0. The largest absolute Gasteiger partial charge is 0.382 e. The Morgan fingerprint density at radius 3 is 1.93 bits per heavy atom. The molecule has 0 saturated carbocycles. The topological polar surface area (TPSA) is 71.1 Å². The average molecular weight is 242 g/mol. The second-order valence-electron chi connectivity index (χ2n) is 2.65.